The number of unbranched alkanes of at least 4 members (excludes halogenated alkanes) is 12. The van der Waals surface area contributed by atoms with Gasteiger partial charge in [0.25, 0.3) is 0 Å². The van der Waals surface area contributed by atoms with Crippen LogP contribution in [-0.4, -0.2) is 30.6 Å². The number of halogens is 2. The van der Waals surface area contributed by atoms with Gasteiger partial charge in [-0.25, -0.2) is 23.2 Å². The maximum Gasteiger partial charge on any atom is 0.343 e. The van der Waals surface area contributed by atoms with Crippen molar-refractivity contribution < 1.29 is 42.1 Å². The molecule has 0 heterocycles. The number of benzene rings is 3. The minimum atomic E-state index is -0.870. The molecule has 0 amide bonds. The first-order chi connectivity index (χ1) is 24.2. The molecule has 0 N–H and O–H groups in total. The van der Waals surface area contributed by atoms with Gasteiger partial charge in [0.1, 0.15) is 17.3 Å². The summed E-state index contributed by atoms with van der Waals surface area (Å²) in [6.45, 7) is 6.51. The van der Waals surface area contributed by atoms with Crippen molar-refractivity contribution in [2.75, 3.05) is 6.61 Å². The molecule has 0 fully saturated rings. The summed E-state index contributed by atoms with van der Waals surface area (Å²) in [5, 5.41) is 0. The van der Waals surface area contributed by atoms with Crippen LogP contribution >= 0.6 is 0 Å². The minimum absolute atomic E-state index is 0.00746. The van der Waals surface area contributed by atoms with Gasteiger partial charge in [0, 0.05) is 6.07 Å². The van der Waals surface area contributed by atoms with E-state index in [0.29, 0.717) is 13.0 Å². The SMILES string of the molecule is CCCCCCCCCCCCOc1ccc(C(=O)Oc2ccc(C(=O)Oc3ccc(C(=O)OC(C)CCCCCC)c(F)c3)cc2)cc1F. The monoisotopic (exact) mass is 694 g/mol. The first-order valence-electron chi connectivity index (χ1n) is 18.2. The Morgan fingerprint density at radius 3 is 1.74 bits per heavy atom. The summed E-state index contributed by atoms with van der Waals surface area (Å²) in [6, 6.07) is 12.9. The molecule has 0 saturated heterocycles. The molecule has 0 saturated carbocycles. The fourth-order valence-electron chi connectivity index (χ4n) is 5.40. The van der Waals surface area contributed by atoms with Crippen LogP contribution in [0.15, 0.2) is 60.7 Å². The van der Waals surface area contributed by atoms with E-state index in [-0.39, 0.29) is 40.0 Å². The van der Waals surface area contributed by atoms with Crippen LogP contribution in [0.4, 0.5) is 8.78 Å². The molecular weight excluding hydrogens is 642 g/mol. The van der Waals surface area contributed by atoms with Gasteiger partial charge in [0.15, 0.2) is 11.6 Å². The summed E-state index contributed by atoms with van der Waals surface area (Å²) in [5.41, 5.74) is -0.128. The van der Waals surface area contributed by atoms with Crippen LogP contribution in [0.3, 0.4) is 0 Å². The van der Waals surface area contributed by atoms with E-state index in [4.69, 9.17) is 18.9 Å². The molecule has 7 nitrogen and oxygen atoms in total. The molecule has 1 atom stereocenters. The highest BCUT2D eigenvalue weighted by atomic mass is 19.1. The number of rotatable bonds is 23. The molecule has 0 aromatic heterocycles. The Balaban J connectivity index is 1.41. The van der Waals surface area contributed by atoms with Crippen LogP contribution in [0.2, 0.25) is 0 Å². The molecule has 50 heavy (non-hydrogen) atoms. The number of esters is 3. The fraction of sp³-hybridized carbons (Fsp3) is 0.488. The minimum Gasteiger partial charge on any atom is -0.491 e. The van der Waals surface area contributed by atoms with E-state index in [1.165, 1.54) is 93.5 Å². The van der Waals surface area contributed by atoms with E-state index >= 15 is 0 Å². The van der Waals surface area contributed by atoms with Crippen molar-refractivity contribution >= 4 is 17.9 Å². The number of hydrogen-bond acceptors (Lipinski definition) is 7. The second-order valence-electron chi connectivity index (χ2n) is 12.7. The van der Waals surface area contributed by atoms with Gasteiger partial charge in [-0.05, 0) is 80.8 Å². The third-order valence-corrected chi connectivity index (χ3v) is 8.37. The third kappa shape index (κ3) is 14.3. The highest BCUT2D eigenvalue weighted by molar-refractivity contribution is 5.93. The first kappa shape index (κ1) is 40.2. The second-order valence-corrected chi connectivity index (χ2v) is 12.7. The van der Waals surface area contributed by atoms with Gasteiger partial charge in [-0.2, -0.15) is 0 Å². The largest absolute Gasteiger partial charge is 0.491 e. The third-order valence-electron chi connectivity index (χ3n) is 8.37. The van der Waals surface area contributed by atoms with E-state index in [1.54, 1.807) is 6.92 Å². The maximum atomic E-state index is 14.7. The molecular formula is C41H52F2O7. The van der Waals surface area contributed by atoms with Gasteiger partial charge in [-0.1, -0.05) is 90.9 Å². The van der Waals surface area contributed by atoms with Crippen molar-refractivity contribution in [2.45, 2.75) is 123 Å². The summed E-state index contributed by atoms with van der Waals surface area (Å²) in [4.78, 5) is 37.7. The highest BCUT2D eigenvalue weighted by Gasteiger charge is 2.19. The van der Waals surface area contributed by atoms with Crippen LogP contribution in [0, 0.1) is 11.6 Å². The van der Waals surface area contributed by atoms with Gasteiger partial charge >= 0.3 is 17.9 Å². The molecule has 0 aliphatic rings. The van der Waals surface area contributed by atoms with Crippen molar-refractivity contribution in [3.63, 3.8) is 0 Å². The van der Waals surface area contributed by atoms with Crippen molar-refractivity contribution in [3.8, 4) is 17.2 Å². The lowest BCUT2D eigenvalue weighted by atomic mass is 10.1. The molecule has 3 aromatic carbocycles. The van der Waals surface area contributed by atoms with Gasteiger partial charge in [-0.3, -0.25) is 0 Å². The lowest BCUT2D eigenvalue weighted by Crippen LogP contribution is -2.16. The van der Waals surface area contributed by atoms with Gasteiger partial charge in [0.05, 0.1) is 29.4 Å². The molecule has 0 spiro atoms. The summed E-state index contributed by atoms with van der Waals surface area (Å²) < 4.78 is 50.9. The Morgan fingerprint density at radius 1 is 0.580 bits per heavy atom. The number of carbonyl (C=O) groups is 3. The van der Waals surface area contributed by atoms with Crippen molar-refractivity contribution in [1.29, 1.82) is 0 Å². The van der Waals surface area contributed by atoms with Crippen LogP contribution in [0.1, 0.15) is 148 Å². The number of carbonyl (C=O) groups excluding carboxylic acids is 3. The highest BCUT2D eigenvalue weighted by Crippen LogP contribution is 2.23. The van der Waals surface area contributed by atoms with E-state index in [9.17, 15) is 23.2 Å². The van der Waals surface area contributed by atoms with Crippen LogP contribution in [0.25, 0.3) is 0 Å². The van der Waals surface area contributed by atoms with Gasteiger partial charge < -0.3 is 18.9 Å². The zero-order chi connectivity index (χ0) is 36.1. The lowest BCUT2D eigenvalue weighted by molar-refractivity contribution is 0.0314. The molecule has 0 bridgehead atoms. The lowest BCUT2D eigenvalue weighted by Gasteiger charge is -2.14. The normalized spacial score (nSPS) is 11.5. The van der Waals surface area contributed by atoms with E-state index in [1.807, 2.05) is 0 Å². The van der Waals surface area contributed by atoms with Crippen molar-refractivity contribution in [3.05, 3.63) is 89.0 Å². The molecule has 9 heteroatoms. The van der Waals surface area contributed by atoms with Gasteiger partial charge in [-0.15, -0.1) is 0 Å². The second kappa shape index (κ2) is 22.4. The summed E-state index contributed by atoms with van der Waals surface area (Å²) >= 11 is 0. The molecule has 1 unspecified atom stereocenters. The zero-order valence-electron chi connectivity index (χ0n) is 29.8. The first-order valence-corrected chi connectivity index (χ1v) is 18.2. The summed E-state index contributed by atoms with van der Waals surface area (Å²) in [6.07, 6.45) is 16.5. The van der Waals surface area contributed by atoms with E-state index in [0.717, 1.165) is 57.1 Å². The average Bonchev–Trinajstić information content (AvgIpc) is 3.10. The quantitative estimate of drug-likeness (QED) is 0.0554. The van der Waals surface area contributed by atoms with E-state index in [2.05, 4.69) is 13.8 Å². The Bertz CT molecular complexity index is 1490. The Labute approximate surface area is 295 Å². The molecule has 272 valence electrons. The van der Waals surface area contributed by atoms with Crippen LogP contribution in [-0.2, 0) is 4.74 Å². The Hall–Kier alpha value is -4.27. The predicted octanol–water partition coefficient (Wildman–Crippen LogP) is 11.2. The van der Waals surface area contributed by atoms with Crippen molar-refractivity contribution in [2.24, 2.45) is 0 Å². The van der Waals surface area contributed by atoms with Gasteiger partial charge in [0.2, 0.25) is 0 Å². The number of ether oxygens (including phenoxy) is 4. The van der Waals surface area contributed by atoms with Crippen LogP contribution < -0.4 is 14.2 Å². The predicted molar refractivity (Wildman–Crippen MR) is 190 cm³/mol. The van der Waals surface area contributed by atoms with E-state index < -0.39 is 29.5 Å². The molecule has 3 aromatic rings. The Kier molecular flexibility index (Phi) is 18.0. The number of hydrogen-bond donors (Lipinski definition) is 0. The molecule has 3 rings (SSSR count). The maximum absolute atomic E-state index is 14.7. The molecule has 0 radical (unpaired) electrons. The smallest absolute Gasteiger partial charge is 0.343 e. The zero-order valence-corrected chi connectivity index (χ0v) is 29.8. The van der Waals surface area contributed by atoms with Crippen LogP contribution in [0.5, 0.6) is 17.2 Å². The fourth-order valence-corrected chi connectivity index (χ4v) is 5.40. The molecule has 0 aliphatic carbocycles. The average molecular weight is 695 g/mol. The topological polar surface area (TPSA) is 88.1 Å². The summed E-state index contributed by atoms with van der Waals surface area (Å²) in [5.74, 6) is -3.75. The Morgan fingerprint density at radius 2 is 1.12 bits per heavy atom. The molecule has 0 aliphatic heterocycles. The standard InChI is InChI=1S/C41H52F2O7/c1-4-6-8-10-11-12-13-14-15-17-27-47-38-26-21-32(28-37(38)43)40(45)49-33-22-19-31(20-23-33)39(44)50-34-24-25-35(36(42)29-34)41(46)48-30(3)18-16-9-7-5-2/h19-26,28-30H,4-18,27H2,1-3H3. The summed E-state index contributed by atoms with van der Waals surface area (Å²) in [7, 11) is 0. The van der Waals surface area contributed by atoms with Crippen molar-refractivity contribution in [1.82, 2.24) is 0 Å².